The van der Waals surface area contributed by atoms with E-state index in [1.165, 1.54) is 116 Å². The van der Waals surface area contributed by atoms with Crippen LogP contribution >= 0.6 is 0 Å². The summed E-state index contributed by atoms with van der Waals surface area (Å²) in [4.78, 5) is 2.47. The number of aromatic nitrogens is 1. The average Bonchev–Trinajstić information content (AvgIpc) is 3.64. The van der Waals surface area contributed by atoms with Crippen molar-refractivity contribution in [3.63, 3.8) is 0 Å². The van der Waals surface area contributed by atoms with Crippen LogP contribution in [-0.4, -0.2) is 4.57 Å². The number of hydrogen-bond acceptors (Lipinski definition) is 1. The molecule has 0 aliphatic heterocycles. The van der Waals surface area contributed by atoms with Crippen molar-refractivity contribution in [3.8, 4) is 50.2 Å². The van der Waals surface area contributed by atoms with Crippen molar-refractivity contribution in [2.24, 2.45) is 0 Å². The molecule has 0 spiro atoms. The molecule has 1 heterocycles. The Morgan fingerprint density at radius 2 is 0.783 bits per heavy atom. The van der Waals surface area contributed by atoms with Crippen LogP contribution in [0.3, 0.4) is 0 Å². The summed E-state index contributed by atoms with van der Waals surface area (Å²) in [7, 11) is 0. The molecule has 0 N–H and O–H groups in total. The Morgan fingerprint density at radius 3 is 1.32 bits per heavy atom. The highest BCUT2D eigenvalue weighted by atomic mass is 15.1. The molecule has 282 valence electrons. The lowest BCUT2D eigenvalue weighted by Gasteiger charge is -2.30. The SMILES string of the molecule is Cc1ccc(-c2ccccc2)cc1N(c1ccc2cc3c(cc2c1)-c1cc2ccc(-n4c5ccccc5c5ccccc54)cc2cc1-3)c1cc(-c2ccccc2)ccc1C. The number of benzene rings is 10. The van der Waals surface area contributed by atoms with Gasteiger partial charge < -0.3 is 9.47 Å². The minimum atomic E-state index is 1.14. The number of para-hydroxylation sites is 2. The van der Waals surface area contributed by atoms with E-state index < -0.39 is 0 Å². The molecule has 0 unspecified atom stereocenters. The fourth-order valence-corrected chi connectivity index (χ4v) is 9.61. The first-order chi connectivity index (χ1) is 29.6. The average molecular weight is 765 g/mol. The summed E-state index contributed by atoms with van der Waals surface area (Å²) in [5.74, 6) is 0. The van der Waals surface area contributed by atoms with Crippen molar-refractivity contribution < 1.29 is 0 Å². The Kier molecular flexibility index (Phi) is 7.70. The van der Waals surface area contributed by atoms with Gasteiger partial charge in [0.1, 0.15) is 0 Å². The van der Waals surface area contributed by atoms with Crippen LogP contribution in [0.5, 0.6) is 0 Å². The standard InChI is InChI=1S/C58H40N2/c1-37-21-23-43(39-13-5-3-6-14-39)35-57(37)60(58-36-44(24-22-38(58)2)40-15-7-4-8-16-40)48-28-26-42-32-52-53-33-45-29-47(27-25-41(45)31-51(53)54(52)34-46(42)30-48)59-55-19-11-9-17-49(55)50-18-10-12-20-56(50)59/h3-36H,1-2H3. The van der Waals surface area contributed by atoms with Crippen LogP contribution in [0.15, 0.2) is 206 Å². The third-order valence-corrected chi connectivity index (χ3v) is 12.7. The van der Waals surface area contributed by atoms with E-state index >= 15 is 0 Å². The number of aryl methyl sites for hydroxylation is 2. The van der Waals surface area contributed by atoms with E-state index in [1.54, 1.807) is 0 Å². The van der Waals surface area contributed by atoms with Crippen molar-refractivity contribution in [1.29, 1.82) is 0 Å². The van der Waals surface area contributed by atoms with Crippen LogP contribution < -0.4 is 4.90 Å². The summed E-state index contributed by atoms with van der Waals surface area (Å²) in [6, 6.07) is 76.1. The monoisotopic (exact) mass is 764 g/mol. The molecule has 2 heteroatoms. The molecule has 60 heavy (non-hydrogen) atoms. The van der Waals surface area contributed by atoms with Crippen LogP contribution in [0.25, 0.3) is 93.5 Å². The van der Waals surface area contributed by atoms with Gasteiger partial charge in [-0.25, -0.2) is 0 Å². The van der Waals surface area contributed by atoms with Crippen LogP contribution in [0.4, 0.5) is 17.1 Å². The first-order valence-corrected chi connectivity index (χ1v) is 20.8. The zero-order valence-electron chi connectivity index (χ0n) is 33.5. The third kappa shape index (κ3) is 5.42. The molecule has 1 aliphatic rings. The molecule has 0 saturated carbocycles. The second-order valence-corrected chi connectivity index (χ2v) is 16.3. The highest BCUT2D eigenvalue weighted by Crippen LogP contribution is 2.51. The second kappa shape index (κ2) is 13.4. The van der Waals surface area contributed by atoms with Crippen molar-refractivity contribution in [2.75, 3.05) is 4.90 Å². The van der Waals surface area contributed by atoms with E-state index in [-0.39, 0.29) is 0 Å². The lowest BCUT2D eigenvalue weighted by atomic mass is 9.78. The lowest BCUT2D eigenvalue weighted by molar-refractivity contribution is 1.19. The normalized spacial score (nSPS) is 11.8. The zero-order chi connectivity index (χ0) is 39.9. The molecule has 0 radical (unpaired) electrons. The molecular formula is C58H40N2. The Balaban J connectivity index is 0.976. The maximum atomic E-state index is 2.47. The van der Waals surface area contributed by atoms with Gasteiger partial charge in [0.25, 0.3) is 0 Å². The maximum Gasteiger partial charge on any atom is 0.0541 e. The molecule has 0 bridgehead atoms. The van der Waals surface area contributed by atoms with Crippen molar-refractivity contribution in [2.45, 2.75) is 13.8 Å². The Labute approximate surface area is 349 Å². The van der Waals surface area contributed by atoms with Crippen LogP contribution in [0.2, 0.25) is 0 Å². The van der Waals surface area contributed by atoms with Crippen molar-refractivity contribution in [1.82, 2.24) is 4.57 Å². The maximum absolute atomic E-state index is 2.47. The van der Waals surface area contributed by atoms with Crippen molar-refractivity contribution in [3.05, 3.63) is 217 Å². The highest BCUT2D eigenvalue weighted by Gasteiger charge is 2.25. The smallest absolute Gasteiger partial charge is 0.0541 e. The molecule has 0 amide bonds. The topological polar surface area (TPSA) is 8.17 Å². The fraction of sp³-hybridized carbons (Fsp3) is 0.0345. The number of fused-ring (bicyclic) bond motifs is 9. The summed E-state index contributed by atoms with van der Waals surface area (Å²) in [5, 5.41) is 7.55. The molecule has 0 fully saturated rings. The Morgan fingerprint density at radius 1 is 0.333 bits per heavy atom. The first-order valence-electron chi connectivity index (χ1n) is 20.8. The van der Waals surface area contributed by atoms with Gasteiger partial charge in [0, 0.05) is 33.5 Å². The molecule has 0 saturated heterocycles. The minimum absolute atomic E-state index is 1.14. The van der Waals surface area contributed by atoms with Gasteiger partial charge in [0.2, 0.25) is 0 Å². The van der Waals surface area contributed by atoms with Gasteiger partial charge in [-0.2, -0.15) is 0 Å². The van der Waals surface area contributed by atoms with E-state index in [9.17, 15) is 0 Å². The van der Waals surface area contributed by atoms with Gasteiger partial charge >= 0.3 is 0 Å². The molecule has 1 aromatic heterocycles. The molecule has 1 aliphatic carbocycles. The van der Waals surface area contributed by atoms with E-state index in [0.717, 1.165) is 5.69 Å². The summed E-state index contributed by atoms with van der Waals surface area (Å²) < 4.78 is 2.41. The van der Waals surface area contributed by atoms with Crippen LogP contribution in [-0.2, 0) is 0 Å². The second-order valence-electron chi connectivity index (χ2n) is 16.3. The van der Waals surface area contributed by atoms with Gasteiger partial charge in [0.05, 0.1) is 11.0 Å². The molecule has 2 nitrogen and oxygen atoms in total. The lowest BCUT2D eigenvalue weighted by Crippen LogP contribution is -2.13. The largest absolute Gasteiger partial charge is 0.310 e. The quantitative estimate of drug-likeness (QED) is 0.164. The van der Waals surface area contributed by atoms with Crippen LogP contribution in [0.1, 0.15) is 11.1 Å². The van der Waals surface area contributed by atoms with Gasteiger partial charge in [-0.15, -0.1) is 0 Å². The van der Waals surface area contributed by atoms with Crippen molar-refractivity contribution >= 4 is 60.4 Å². The predicted molar refractivity (Wildman–Crippen MR) is 255 cm³/mol. The summed E-state index contributed by atoms with van der Waals surface area (Å²) >= 11 is 0. The van der Waals surface area contributed by atoms with Gasteiger partial charge in [-0.3, -0.25) is 0 Å². The number of anilines is 3. The predicted octanol–water partition coefficient (Wildman–Crippen LogP) is 16.2. The summed E-state index contributed by atoms with van der Waals surface area (Å²) in [6.07, 6.45) is 0. The number of rotatable bonds is 6. The summed E-state index contributed by atoms with van der Waals surface area (Å²) in [5.41, 5.74) is 19.7. The number of nitrogens with zero attached hydrogens (tertiary/aromatic N) is 2. The van der Waals surface area contributed by atoms with E-state index in [2.05, 4.69) is 230 Å². The van der Waals surface area contributed by atoms with E-state index in [0.29, 0.717) is 0 Å². The van der Waals surface area contributed by atoms with E-state index in [1.807, 2.05) is 0 Å². The highest BCUT2D eigenvalue weighted by molar-refractivity contribution is 6.13. The minimum Gasteiger partial charge on any atom is -0.310 e. The molecule has 10 aromatic carbocycles. The van der Waals surface area contributed by atoms with Crippen LogP contribution in [0, 0.1) is 13.8 Å². The van der Waals surface area contributed by atoms with Gasteiger partial charge in [0.15, 0.2) is 0 Å². The molecule has 0 atom stereocenters. The Bertz CT molecular complexity index is 3360. The Hall–Kier alpha value is -7.68. The van der Waals surface area contributed by atoms with Gasteiger partial charge in [-0.1, -0.05) is 133 Å². The molecule has 12 rings (SSSR count). The van der Waals surface area contributed by atoms with E-state index in [4.69, 9.17) is 0 Å². The summed E-state index contributed by atoms with van der Waals surface area (Å²) in [6.45, 7) is 4.45. The number of hydrogen-bond donors (Lipinski definition) is 0. The fourth-order valence-electron chi connectivity index (χ4n) is 9.61. The zero-order valence-corrected chi connectivity index (χ0v) is 33.5. The first kappa shape index (κ1) is 34.4. The van der Waals surface area contributed by atoms with Gasteiger partial charge in [-0.05, 0) is 164 Å². The molecule has 11 aromatic rings. The third-order valence-electron chi connectivity index (χ3n) is 12.7. The molecular weight excluding hydrogens is 725 g/mol.